The van der Waals surface area contributed by atoms with Crippen molar-refractivity contribution in [2.45, 2.75) is 388 Å². The summed E-state index contributed by atoms with van der Waals surface area (Å²) < 4.78 is 68.4. The van der Waals surface area contributed by atoms with Gasteiger partial charge in [0.1, 0.15) is 19.3 Å². The molecule has 0 saturated carbocycles. The number of carbonyl (C=O) groups excluding carboxylic acids is 4. The van der Waals surface area contributed by atoms with Crippen molar-refractivity contribution in [1.82, 2.24) is 0 Å². The van der Waals surface area contributed by atoms with E-state index in [4.69, 9.17) is 37.0 Å². The number of ether oxygens (including phenoxy) is 4. The molecule has 0 aromatic carbocycles. The fraction of sp³-hybridized carbons (Fsp3) is 0.946. The fourth-order valence-corrected chi connectivity index (χ4v) is 12.8. The molecule has 0 spiro atoms. The zero-order chi connectivity index (χ0) is 68.9. The van der Waals surface area contributed by atoms with Crippen molar-refractivity contribution >= 4 is 39.5 Å². The van der Waals surface area contributed by atoms with E-state index in [0.29, 0.717) is 37.5 Å². The Labute approximate surface area is 568 Å². The van der Waals surface area contributed by atoms with Gasteiger partial charge in [0.05, 0.1) is 26.4 Å². The van der Waals surface area contributed by atoms with Gasteiger partial charge in [0.15, 0.2) is 12.2 Å². The van der Waals surface area contributed by atoms with Crippen LogP contribution in [-0.4, -0.2) is 96.7 Å². The van der Waals surface area contributed by atoms with Gasteiger partial charge in [-0.1, -0.05) is 319 Å². The van der Waals surface area contributed by atoms with Crippen LogP contribution in [-0.2, 0) is 65.4 Å². The Hall–Kier alpha value is -1.94. The van der Waals surface area contributed by atoms with E-state index in [0.717, 1.165) is 108 Å². The number of phosphoric ester groups is 2. The van der Waals surface area contributed by atoms with Crippen molar-refractivity contribution in [1.29, 1.82) is 0 Å². The first kappa shape index (κ1) is 91.1. The molecule has 19 heteroatoms. The Morgan fingerprint density at radius 2 is 0.452 bits per heavy atom. The van der Waals surface area contributed by atoms with Crippen LogP contribution in [0.25, 0.3) is 0 Å². The molecule has 0 radical (unpaired) electrons. The van der Waals surface area contributed by atoms with E-state index >= 15 is 0 Å². The Balaban J connectivity index is 5.16. The predicted molar refractivity (Wildman–Crippen MR) is 377 cm³/mol. The number of aliphatic hydroxyl groups excluding tert-OH is 1. The summed E-state index contributed by atoms with van der Waals surface area (Å²) in [6.07, 6.45) is 47.5. The molecule has 0 heterocycles. The molecular formula is C74H144O17P2. The topological polar surface area (TPSA) is 237 Å². The second-order valence-corrected chi connectivity index (χ2v) is 31.5. The largest absolute Gasteiger partial charge is 0.472 e. The lowest BCUT2D eigenvalue weighted by atomic mass is 10.0. The van der Waals surface area contributed by atoms with E-state index in [9.17, 15) is 43.2 Å². The Morgan fingerprint density at radius 3 is 0.667 bits per heavy atom. The third kappa shape index (κ3) is 68.4. The lowest BCUT2D eigenvalue weighted by molar-refractivity contribution is -0.161. The highest BCUT2D eigenvalue weighted by Crippen LogP contribution is 2.45. The van der Waals surface area contributed by atoms with Crippen LogP contribution in [0.1, 0.15) is 370 Å². The van der Waals surface area contributed by atoms with Crippen molar-refractivity contribution in [3.8, 4) is 0 Å². The molecule has 0 aliphatic rings. The molecule has 0 bridgehead atoms. The van der Waals surface area contributed by atoms with E-state index in [1.165, 1.54) is 167 Å². The predicted octanol–water partition coefficient (Wildman–Crippen LogP) is 21.3. The molecule has 0 aromatic rings. The molecular weight excluding hydrogens is 1220 g/mol. The average Bonchev–Trinajstić information content (AvgIpc) is 2.50. The summed E-state index contributed by atoms with van der Waals surface area (Å²) in [7, 11) is -9.91. The third-order valence-corrected chi connectivity index (χ3v) is 19.0. The van der Waals surface area contributed by atoms with Gasteiger partial charge in [-0.3, -0.25) is 37.3 Å². The quantitative estimate of drug-likeness (QED) is 0.0222. The standard InChI is InChI=1S/C74H144O17P2/c1-64(2)50-42-34-26-21-17-13-11-9-10-12-14-19-23-29-38-46-54-71(76)84-60-69(91-74(79)57-49-41-31-25-28-36-44-52-66(5)6)62-88-92(80,81)86-58-68(75)59-87-93(82,83)89-63-70(61-85-72(77)55-47-39-33-32-37-45-53-67(7)8)90-73(78)56-48-40-30-24-20-16-15-18-22-27-35-43-51-65(3)4/h64-70,75H,9-63H2,1-8H3,(H,80,81)(H,82,83)/t68-,69-,70-/m1/s1. The van der Waals surface area contributed by atoms with E-state index < -0.39 is 97.5 Å². The van der Waals surface area contributed by atoms with Crippen LogP contribution < -0.4 is 0 Å². The van der Waals surface area contributed by atoms with Gasteiger partial charge in [0, 0.05) is 25.7 Å². The van der Waals surface area contributed by atoms with E-state index in [-0.39, 0.29) is 25.7 Å². The van der Waals surface area contributed by atoms with Gasteiger partial charge in [-0.2, -0.15) is 0 Å². The van der Waals surface area contributed by atoms with E-state index in [1.807, 2.05) is 0 Å². The summed E-state index contributed by atoms with van der Waals surface area (Å²) in [6.45, 7) is 14.1. The van der Waals surface area contributed by atoms with Gasteiger partial charge < -0.3 is 33.8 Å². The molecule has 17 nitrogen and oxygen atoms in total. The Bertz CT molecular complexity index is 1830. The number of hydrogen-bond donors (Lipinski definition) is 3. The number of hydrogen-bond acceptors (Lipinski definition) is 15. The fourth-order valence-electron chi connectivity index (χ4n) is 11.2. The van der Waals surface area contributed by atoms with Crippen LogP contribution in [0.4, 0.5) is 0 Å². The lowest BCUT2D eigenvalue weighted by Crippen LogP contribution is -2.30. The Kier molecular flexibility index (Phi) is 62.2. The second-order valence-electron chi connectivity index (χ2n) is 28.6. The molecule has 93 heavy (non-hydrogen) atoms. The number of unbranched alkanes of at least 4 members (excludes halogenated alkanes) is 37. The van der Waals surface area contributed by atoms with Crippen molar-refractivity contribution in [2.75, 3.05) is 39.6 Å². The molecule has 0 aliphatic heterocycles. The van der Waals surface area contributed by atoms with Crippen molar-refractivity contribution in [3.05, 3.63) is 0 Å². The molecule has 0 saturated heterocycles. The van der Waals surface area contributed by atoms with E-state index in [2.05, 4.69) is 55.4 Å². The lowest BCUT2D eigenvalue weighted by Gasteiger charge is -2.21. The minimum Gasteiger partial charge on any atom is -0.462 e. The zero-order valence-corrected chi connectivity index (χ0v) is 62.7. The molecule has 0 fully saturated rings. The number of carbonyl (C=O) groups is 4. The smallest absolute Gasteiger partial charge is 0.462 e. The van der Waals surface area contributed by atoms with Crippen LogP contribution in [0.2, 0.25) is 0 Å². The maximum atomic E-state index is 13.0. The highest BCUT2D eigenvalue weighted by atomic mass is 31.2. The first-order valence-electron chi connectivity index (χ1n) is 38.2. The summed E-state index contributed by atoms with van der Waals surface area (Å²) in [6, 6.07) is 0. The summed E-state index contributed by atoms with van der Waals surface area (Å²) in [5, 5.41) is 10.6. The Morgan fingerprint density at radius 1 is 0.269 bits per heavy atom. The van der Waals surface area contributed by atoms with Gasteiger partial charge >= 0.3 is 39.5 Å². The summed E-state index contributed by atoms with van der Waals surface area (Å²) >= 11 is 0. The van der Waals surface area contributed by atoms with Gasteiger partial charge in [-0.25, -0.2) is 9.13 Å². The molecule has 5 atom stereocenters. The molecule has 0 aliphatic carbocycles. The first-order chi connectivity index (χ1) is 44.6. The second kappa shape index (κ2) is 63.5. The number of phosphoric acid groups is 2. The van der Waals surface area contributed by atoms with Gasteiger partial charge in [-0.15, -0.1) is 0 Å². The molecule has 0 amide bonds. The molecule has 3 N–H and O–H groups in total. The van der Waals surface area contributed by atoms with Crippen LogP contribution >= 0.6 is 15.6 Å². The highest BCUT2D eigenvalue weighted by Gasteiger charge is 2.30. The molecule has 552 valence electrons. The summed E-state index contributed by atoms with van der Waals surface area (Å²) in [5.41, 5.74) is 0. The minimum atomic E-state index is -4.95. The first-order valence-corrected chi connectivity index (χ1v) is 41.2. The maximum Gasteiger partial charge on any atom is 0.472 e. The molecule has 2 unspecified atom stereocenters. The average molecular weight is 1370 g/mol. The highest BCUT2D eigenvalue weighted by molar-refractivity contribution is 7.47. The van der Waals surface area contributed by atoms with Crippen molar-refractivity contribution in [3.63, 3.8) is 0 Å². The maximum absolute atomic E-state index is 13.0. The number of rotatable bonds is 71. The van der Waals surface area contributed by atoms with Gasteiger partial charge in [0.25, 0.3) is 0 Å². The normalized spacial score (nSPS) is 14.2. The third-order valence-electron chi connectivity index (χ3n) is 17.1. The van der Waals surface area contributed by atoms with Gasteiger partial charge in [0.2, 0.25) is 0 Å². The number of esters is 4. The van der Waals surface area contributed by atoms with Gasteiger partial charge in [-0.05, 0) is 49.4 Å². The monoisotopic (exact) mass is 1370 g/mol. The van der Waals surface area contributed by atoms with Crippen molar-refractivity contribution < 1.29 is 80.2 Å². The zero-order valence-electron chi connectivity index (χ0n) is 60.9. The molecule has 0 rings (SSSR count). The van der Waals surface area contributed by atoms with Crippen LogP contribution in [0.5, 0.6) is 0 Å². The number of aliphatic hydroxyl groups is 1. The van der Waals surface area contributed by atoms with Crippen LogP contribution in [0.3, 0.4) is 0 Å². The minimum absolute atomic E-state index is 0.103. The SMILES string of the molecule is CC(C)CCCCCCCCCCCCCCCCCCC(=O)OC[C@H](COP(=O)(O)OC[C@@H](O)COP(=O)(O)OC[C@@H](COC(=O)CCCCCCCCC(C)C)OC(=O)CCCCCCCCCCCCCCC(C)C)OC(=O)CCCCCCCCCC(C)C. The summed E-state index contributed by atoms with van der Waals surface area (Å²) in [4.78, 5) is 72.6. The van der Waals surface area contributed by atoms with E-state index in [1.54, 1.807) is 0 Å². The summed E-state index contributed by atoms with van der Waals surface area (Å²) in [5.74, 6) is 0.836. The molecule has 0 aromatic heterocycles. The van der Waals surface area contributed by atoms with Crippen molar-refractivity contribution in [2.24, 2.45) is 23.7 Å². The van der Waals surface area contributed by atoms with Crippen LogP contribution in [0, 0.1) is 23.7 Å². The van der Waals surface area contributed by atoms with Crippen LogP contribution in [0.15, 0.2) is 0 Å².